The van der Waals surface area contributed by atoms with E-state index >= 15 is 0 Å². The Labute approximate surface area is 117 Å². The molecule has 0 aliphatic carbocycles. The van der Waals surface area contributed by atoms with Crippen LogP contribution in [0.15, 0.2) is 18.2 Å². The maximum atomic E-state index is 13.6. The lowest BCUT2D eigenvalue weighted by atomic mass is 10.1. The molecule has 3 nitrogen and oxygen atoms in total. The van der Waals surface area contributed by atoms with Crippen molar-refractivity contribution in [1.29, 1.82) is 0 Å². The van der Waals surface area contributed by atoms with E-state index in [-0.39, 0.29) is 35.1 Å². The molecule has 0 bridgehead atoms. The Balaban J connectivity index is 1.93. The molecular formula is C14H17ClFNO2. The second-order valence-corrected chi connectivity index (χ2v) is 5.19. The summed E-state index contributed by atoms with van der Waals surface area (Å²) in [5.74, 6) is -0.692. The number of ether oxygens (including phenoxy) is 1. The first-order chi connectivity index (χ1) is 9.08. The molecule has 0 unspecified atom stereocenters. The van der Waals surface area contributed by atoms with Crippen LogP contribution in [0, 0.1) is 5.82 Å². The van der Waals surface area contributed by atoms with Crippen molar-refractivity contribution in [3.05, 3.63) is 34.6 Å². The zero-order valence-corrected chi connectivity index (χ0v) is 11.5. The van der Waals surface area contributed by atoms with Crippen molar-refractivity contribution in [3.8, 4) is 0 Å². The predicted octanol–water partition coefficient (Wildman–Crippen LogP) is 2.71. The lowest BCUT2D eigenvalue weighted by Gasteiger charge is -2.20. The second-order valence-electron chi connectivity index (χ2n) is 4.78. The van der Waals surface area contributed by atoms with Crippen molar-refractivity contribution >= 4 is 17.5 Å². The Morgan fingerprint density at radius 3 is 3.05 bits per heavy atom. The molecule has 1 aromatic rings. The van der Waals surface area contributed by atoms with E-state index in [4.69, 9.17) is 16.3 Å². The SMILES string of the molecule is C[C@H](NC(=O)Cc1c(F)cccc1Cl)[C@@H]1CCCO1. The van der Waals surface area contributed by atoms with Crippen LogP contribution < -0.4 is 5.32 Å². The summed E-state index contributed by atoms with van der Waals surface area (Å²) in [6.07, 6.45) is 1.97. The van der Waals surface area contributed by atoms with Crippen molar-refractivity contribution in [3.63, 3.8) is 0 Å². The van der Waals surface area contributed by atoms with Gasteiger partial charge in [0.15, 0.2) is 0 Å². The minimum absolute atomic E-state index is 0.0530. The zero-order chi connectivity index (χ0) is 13.8. The third kappa shape index (κ3) is 3.67. The average molecular weight is 286 g/mol. The van der Waals surface area contributed by atoms with Gasteiger partial charge in [0.2, 0.25) is 5.91 Å². The Bertz CT molecular complexity index is 441. The van der Waals surface area contributed by atoms with Crippen LogP contribution in [0.2, 0.25) is 5.02 Å². The van der Waals surface area contributed by atoms with E-state index in [1.807, 2.05) is 6.92 Å². The normalized spacial score (nSPS) is 20.3. The van der Waals surface area contributed by atoms with Gasteiger partial charge in [0.25, 0.3) is 0 Å². The van der Waals surface area contributed by atoms with Crippen LogP contribution in [0.1, 0.15) is 25.3 Å². The summed E-state index contributed by atoms with van der Waals surface area (Å²) in [7, 11) is 0. The fourth-order valence-electron chi connectivity index (χ4n) is 2.26. The minimum atomic E-state index is -0.451. The largest absolute Gasteiger partial charge is 0.376 e. The van der Waals surface area contributed by atoms with Gasteiger partial charge < -0.3 is 10.1 Å². The molecule has 5 heteroatoms. The molecule has 1 fully saturated rings. The number of hydrogen-bond donors (Lipinski definition) is 1. The molecule has 1 amide bonds. The summed E-state index contributed by atoms with van der Waals surface area (Å²) in [6, 6.07) is 4.34. The van der Waals surface area contributed by atoms with E-state index in [2.05, 4.69) is 5.32 Å². The van der Waals surface area contributed by atoms with Gasteiger partial charge in [-0.3, -0.25) is 4.79 Å². The zero-order valence-electron chi connectivity index (χ0n) is 10.8. The van der Waals surface area contributed by atoms with Crippen molar-refractivity contribution in [2.75, 3.05) is 6.61 Å². The number of carbonyl (C=O) groups is 1. The maximum absolute atomic E-state index is 13.6. The van der Waals surface area contributed by atoms with Crippen LogP contribution >= 0.6 is 11.6 Å². The van der Waals surface area contributed by atoms with Gasteiger partial charge in [0.05, 0.1) is 18.6 Å². The van der Waals surface area contributed by atoms with Crippen LogP contribution in [0.5, 0.6) is 0 Å². The molecule has 0 radical (unpaired) electrons. The van der Waals surface area contributed by atoms with Crippen LogP contribution in [-0.4, -0.2) is 24.7 Å². The Morgan fingerprint density at radius 1 is 1.63 bits per heavy atom. The number of carbonyl (C=O) groups excluding carboxylic acids is 1. The van der Waals surface area contributed by atoms with E-state index in [9.17, 15) is 9.18 Å². The van der Waals surface area contributed by atoms with Crippen molar-refractivity contribution < 1.29 is 13.9 Å². The topological polar surface area (TPSA) is 38.3 Å². The highest BCUT2D eigenvalue weighted by atomic mass is 35.5. The summed E-state index contributed by atoms with van der Waals surface area (Å²) in [5, 5.41) is 3.11. The molecular weight excluding hydrogens is 269 g/mol. The van der Waals surface area contributed by atoms with Crippen LogP contribution in [0.25, 0.3) is 0 Å². The highest BCUT2D eigenvalue weighted by Crippen LogP contribution is 2.20. The summed E-state index contributed by atoms with van der Waals surface area (Å²) in [5.41, 5.74) is 0.237. The van der Waals surface area contributed by atoms with Gasteiger partial charge >= 0.3 is 0 Å². The molecule has 1 aliphatic rings. The monoisotopic (exact) mass is 285 g/mol. The third-order valence-corrected chi connectivity index (χ3v) is 3.66. The summed E-state index contributed by atoms with van der Waals surface area (Å²) in [6.45, 7) is 2.64. The number of hydrogen-bond acceptors (Lipinski definition) is 2. The molecule has 1 aliphatic heterocycles. The van der Waals surface area contributed by atoms with Crippen LogP contribution in [0.4, 0.5) is 4.39 Å². The highest BCUT2D eigenvalue weighted by molar-refractivity contribution is 6.31. The Kier molecular flexibility index (Phi) is 4.77. The highest BCUT2D eigenvalue weighted by Gasteiger charge is 2.24. The standard InChI is InChI=1S/C14H17ClFNO2/c1-9(13-6-3-7-19-13)17-14(18)8-10-11(15)4-2-5-12(10)16/h2,4-5,9,13H,3,6-8H2,1H3,(H,17,18)/t9-,13-/m0/s1. The molecule has 2 atom stereocenters. The van der Waals surface area contributed by atoms with Gasteiger partial charge in [-0.1, -0.05) is 17.7 Å². The Hall–Kier alpha value is -1.13. The summed E-state index contributed by atoms with van der Waals surface area (Å²) >= 11 is 5.89. The van der Waals surface area contributed by atoms with E-state index in [0.717, 1.165) is 19.4 Å². The van der Waals surface area contributed by atoms with E-state index in [1.165, 1.54) is 12.1 Å². The van der Waals surface area contributed by atoms with Crippen molar-refractivity contribution in [2.24, 2.45) is 0 Å². The first kappa shape index (κ1) is 14.3. The second kappa shape index (κ2) is 6.35. The van der Waals surface area contributed by atoms with Gasteiger partial charge in [-0.2, -0.15) is 0 Å². The molecule has 1 aromatic carbocycles. The third-order valence-electron chi connectivity index (χ3n) is 3.31. The van der Waals surface area contributed by atoms with Gasteiger partial charge in [0, 0.05) is 17.2 Å². The minimum Gasteiger partial charge on any atom is -0.376 e. The number of rotatable bonds is 4. The van der Waals surface area contributed by atoms with Crippen molar-refractivity contribution in [1.82, 2.24) is 5.32 Å². The van der Waals surface area contributed by atoms with Gasteiger partial charge in [-0.15, -0.1) is 0 Å². The molecule has 1 heterocycles. The molecule has 0 saturated carbocycles. The quantitative estimate of drug-likeness (QED) is 0.924. The van der Waals surface area contributed by atoms with E-state index in [1.54, 1.807) is 6.07 Å². The first-order valence-electron chi connectivity index (χ1n) is 6.42. The fraction of sp³-hybridized carbons (Fsp3) is 0.500. The molecule has 104 valence electrons. The lowest BCUT2D eigenvalue weighted by Crippen LogP contribution is -2.41. The number of benzene rings is 1. The van der Waals surface area contributed by atoms with Crippen LogP contribution in [-0.2, 0) is 16.0 Å². The lowest BCUT2D eigenvalue weighted by molar-refractivity contribution is -0.121. The van der Waals surface area contributed by atoms with Crippen molar-refractivity contribution in [2.45, 2.75) is 38.3 Å². The molecule has 1 saturated heterocycles. The Morgan fingerprint density at radius 2 is 2.42 bits per heavy atom. The molecule has 1 N–H and O–H groups in total. The predicted molar refractivity (Wildman–Crippen MR) is 71.7 cm³/mol. The van der Waals surface area contributed by atoms with E-state index < -0.39 is 5.82 Å². The first-order valence-corrected chi connectivity index (χ1v) is 6.79. The number of nitrogens with one attached hydrogen (secondary N) is 1. The fourth-order valence-corrected chi connectivity index (χ4v) is 2.49. The number of amides is 1. The maximum Gasteiger partial charge on any atom is 0.224 e. The van der Waals surface area contributed by atoms with Crippen LogP contribution in [0.3, 0.4) is 0 Å². The van der Waals surface area contributed by atoms with E-state index in [0.29, 0.717) is 0 Å². The summed E-state index contributed by atoms with van der Waals surface area (Å²) < 4.78 is 19.1. The smallest absolute Gasteiger partial charge is 0.224 e. The average Bonchev–Trinajstić information content (AvgIpc) is 2.88. The molecule has 19 heavy (non-hydrogen) atoms. The number of halogens is 2. The molecule has 0 spiro atoms. The summed E-state index contributed by atoms with van der Waals surface area (Å²) in [4.78, 5) is 11.9. The van der Waals surface area contributed by atoms with Gasteiger partial charge in [-0.25, -0.2) is 4.39 Å². The molecule has 0 aromatic heterocycles. The molecule has 2 rings (SSSR count). The van der Waals surface area contributed by atoms with Gasteiger partial charge in [0.1, 0.15) is 5.82 Å². The van der Waals surface area contributed by atoms with Gasteiger partial charge in [-0.05, 0) is 31.9 Å².